The van der Waals surface area contributed by atoms with Crippen molar-refractivity contribution in [2.45, 2.75) is 39.0 Å². The number of nitrogens with zero attached hydrogens (tertiary/aromatic N) is 1. The number of hydrogen-bond donors (Lipinski definition) is 1. The predicted octanol–water partition coefficient (Wildman–Crippen LogP) is 2.09. The van der Waals surface area contributed by atoms with Gasteiger partial charge in [-0.2, -0.15) is 0 Å². The third-order valence-electron chi connectivity index (χ3n) is 3.66. The molecule has 2 rings (SSSR count). The molecule has 2 aliphatic rings. The Morgan fingerprint density at radius 2 is 1.67 bits per heavy atom. The first-order valence-electron chi connectivity index (χ1n) is 6.70. The van der Waals surface area contributed by atoms with Crippen molar-refractivity contribution in [3.63, 3.8) is 0 Å². The molecule has 1 unspecified atom stereocenters. The first-order valence-corrected chi connectivity index (χ1v) is 6.70. The minimum atomic E-state index is 0.785. The van der Waals surface area contributed by atoms with Crippen LogP contribution in [0.25, 0.3) is 0 Å². The van der Waals surface area contributed by atoms with E-state index >= 15 is 0 Å². The van der Waals surface area contributed by atoms with Gasteiger partial charge >= 0.3 is 0 Å². The van der Waals surface area contributed by atoms with Crippen molar-refractivity contribution in [3.05, 3.63) is 0 Å². The van der Waals surface area contributed by atoms with Crippen LogP contribution in [0.3, 0.4) is 0 Å². The Balaban J connectivity index is 1.69. The van der Waals surface area contributed by atoms with E-state index in [9.17, 15) is 0 Å². The molecule has 88 valence electrons. The lowest BCUT2D eigenvalue weighted by atomic mass is 10.1. The van der Waals surface area contributed by atoms with Crippen LogP contribution in [0.1, 0.15) is 39.0 Å². The molecule has 0 aromatic rings. The van der Waals surface area contributed by atoms with Crippen LogP contribution >= 0.6 is 0 Å². The van der Waals surface area contributed by atoms with Gasteiger partial charge in [0.05, 0.1) is 0 Å². The second-order valence-corrected chi connectivity index (χ2v) is 5.79. The SMILES string of the molecule is CC(CCN)CN(CC1CC1)CC1CC1. The molecule has 2 fully saturated rings. The van der Waals surface area contributed by atoms with Crippen LogP contribution in [-0.2, 0) is 0 Å². The van der Waals surface area contributed by atoms with E-state index in [4.69, 9.17) is 5.73 Å². The minimum Gasteiger partial charge on any atom is -0.330 e. The van der Waals surface area contributed by atoms with E-state index in [-0.39, 0.29) is 0 Å². The summed E-state index contributed by atoms with van der Waals surface area (Å²) in [4.78, 5) is 2.72. The fraction of sp³-hybridized carbons (Fsp3) is 1.00. The second kappa shape index (κ2) is 5.31. The molecular formula is C13H26N2. The largest absolute Gasteiger partial charge is 0.330 e. The van der Waals surface area contributed by atoms with Crippen LogP contribution in [0.4, 0.5) is 0 Å². The standard InChI is InChI=1S/C13H26N2/c1-11(6-7-14)8-15(9-12-2-3-12)10-13-4-5-13/h11-13H,2-10,14H2,1H3. The molecule has 2 aliphatic carbocycles. The van der Waals surface area contributed by atoms with E-state index in [0.29, 0.717) is 0 Å². The topological polar surface area (TPSA) is 29.3 Å². The van der Waals surface area contributed by atoms with Gasteiger partial charge in [-0.15, -0.1) is 0 Å². The quantitative estimate of drug-likeness (QED) is 0.665. The zero-order valence-corrected chi connectivity index (χ0v) is 10.1. The van der Waals surface area contributed by atoms with Gasteiger partial charge in [0.2, 0.25) is 0 Å². The van der Waals surface area contributed by atoms with E-state index in [2.05, 4.69) is 11.8 Å². The van der Waals surface area contributed by atoms with E-state index in [1.807, 2.05) is 0 Å². The summed E-state index contributed by atoms with van der Waals surface area (Å²) >= 11 is 0. The molecular weight excluding hydrogens is 184 g/mol. The van der Waals surface area contributed by atoms with Crippen molar-refractivity contribution < 1.29 is 0 Å². The van der Waals surface area contributed by atoms with Gasteiger partial charge in [0.25, 0.3) is 0 Å². The molecule has 0 spiro atoms. The Morgan fingerprint density at radius 1 is 1.13 bits per heavy atom. The molecule has 2 saturated carbocycles. The van der Waals surface area contributed by atoms with E-state index in [0.717, 1.165) is 24.3 Å². The highest BCUT2D eigenvalue weighted by atomic mass is 15.1. The lowest BCUT2D eigenvalue weighted by Gasteiger charge is -2.25. The lowest BCUT2D eigenvalue weighted by molar-refractivity contribution is 0.216. The van der Waals surface area contributed by atoms with Crippen LogP contribution in [0.15, 0.2) is 0 Å². The smallest absolute Gasteiger partial charge is 0.000989 e. The van der Waals surface area contributed by atoms with Crippen molar-refractivity contribution in [3.8, 4) is 0 Å². The van der Waals surface area contributed by atoms with Crippen LogP contribution in [0.5, 0.6) is 0 Å². The minimum absolute atomic E-state index is 0.785. The van der Waals surface area contributed by atoms with Crippen molar-refractivity contribution in [2.75, 3.05) is 26.2 Å². The Labute approximate surface area is 94.2 Å². The Morgan fingerprint density at radius 3 is 2.07 bits per heavy atom. The number of hydrogen-bond acceptors (Lipinski definition) is 2. The summed E-state index contributed by atoms with van der Waals surface area (Å²) < 4.78 is 0. The van der Waals surface area contributed by atoms with Crippen LogP contribution in [-0.4, -0.2) is 31.1 Å². The van der Waals surface area contributed by atoms with Crippen molar-refractivity contribution in [1.82, 2.24) is 4.90 Å². The van der Waals surface area contributed by atoms with E-state index < -0.39 is 0 Å². The van der Waals surface area contributed by atoms with Gasteiger partial charge in [-0.3, -0.25) is 0 Å². The van der Waals surface area contributed by atoms with Crippen LogP contribution in [0.2, 0.25) is 0 Å². The monoisotopic (exact) mass is 210 g/mol. The highest BCUT2D eigenvalue weighted by Gasteiger charge is 2.29. The Kier molecular flexibility index (Phi) is 4.04. The molecule has 0 aliphatic heterocycles. The summed E-state index contributed by atoms with van der Waals surface area (Å²) in [5, 5.41) is 0. The molecule has 15 heavy (non-hydrogen) atoms. The molecule has 0 radical (unpaired) electrons. The zero-order chi connectivity index (χ0) is 10.7. The number of rotatable bonds is 8. The summed E-state index contributed by atoms with van der Waals surface area (Å²) in [7, 11) is 0. The van der Waals surface area contributed by atoms with Gasteiger partial charge in [0.1, 0.15) is 0 Å². The van der Waals surface area contributed by atoms with Gasteiger partial charge in [0, 0.05) is 19.6 Å². The third-order valence-corrected chi connectivity index (χ3v) is 3.66. The molecule has 0 amide bonds. The van der Waals surface area contributed by atoms with Crippen molar-refractivity contribution in [1.29, 1.82) is 0 Å². The highest BCUT2D eigenvalue weighted by molar-refractivity contribution is 4.82. The normalized spacial score (nSPS) is 23.4. The first-order chi connectivity index (χ1) is 7.28. The lowest BCUT2D eigenvalue weighted by Crippen LogP contribution is -2.33. The fourth-order valence-electron chi connectivity index (χ4n) is 2.37. The van der Waals surface area contributed by atoms with Gasteiger partial charge in [-0.25, -0.2) is 0 Å². The Bertz CT molecular complexity index is 171. The van der Waals surface area contributed by atoms with Crippen molar-refractivity contribution in [2.24, 2.45) is 23.5 Å². The average Bonchev–Trinajstić information content (AvgIpc) is 2.99. The first kappa shape index (κ1) is 11.4. The van der Waals surface area contributed by atoms with Gasteiger partial charge in [0.15, 0.2) is 0 Å². The maximum absolute atomic E-state index is 5.61. The average molecular weight is 210 g/mol. The maximum atomic E-state index is 5.61. The van der Waals surface area contributed by atoms with Crippen molar-refractivity contribution >= 4 is 0 Å². The zero-order valence-electron chi connectivity index (χ0n) is 10.1. The summed E-state index contributed by atoms with van der Waals surface area (Å²) in [5.41, 5.74) is 5.61. The van der Waals surface area contributed by atoms with Gasteiger partial charge in [-0.1, -0.05) is 6.92 Å². The van der Waals surface area contributed by atoms with Gasteiger partial charge in [-0.05, 0) is 56.4 Å². The van der Waals surface area contributed by atoms with E-state index in [1.54, 1.807) is 0 Å². The summed E-state index contributed by atoms with van der Waals surface area (Å²) in [5.74, 6) is 2.86. The van der Waals surface area contributed by atoms with E-state index in [1.165, 1.54) is 51.7 Å². The molecule has 2 nitrogen and oxygen atoms in total. The summed E-state index contributed by atoms with van der Waals surface area (Å²) in [6, 6.07) is 0. The number of nitrogens with two attached hydrogens (primary N) is 1. The third kappa shape index (κ3) is 4.52. The second-order valence-electron chi connectivity index (χ2n) is 5.79. The molecule has 2 heteroatoms. The van der Waals surface area contributed by atoms with Gasteiger partial charge < -0.3 is 10.6 Å². The molecule has 0 bridgehead atoms. The predicted molar refractivity (Wildman–Crippen MR) is 64.7 cm³/mol. The highest BCUT2D eigenvalue weighted by Crippen LogP contribution is 2.34. The van der Waals surface area contributed by atoms with Crippen LogP contribution in [0, 0.1) is 17.8 Å². The maximum Gasteiger partial charge on any atom is 0.000989 e. The Hall–Kier alpha value is -0.0800. The molecule has 0 saturated heterocycles. The summed E-state index contributed by atoms with van der Waals surface area (Å²) in [6.45, 7) is 7.21. The molecule has 2 N–H and O–H groups in total. The molecule has 0 heterocycles. The summed E-state index contributed by atoms with van der Waals surface area (Å²) in [6.07, 6.45) is 7.10. The fourth-order valence-corrected chi connectivity index (χ4v) is 2.37. The van der Waals surface area contributed by atoms with Crippen LogP contribution < -0.4 is 5.73 Å². The molecule has 1 atom stereocenters. The molecule has 0 aromatic carbocycles. The molecule has 0 aromatic heterocycles.